The highest BCUT2D eigenvalue weighted by Gasteiger charge is 2.25. The number of allylic oxidation sites excluding steroid dienone is 4. The number of aliphatic hydroxyl groups excluding tert-OH is 1. The van der Waals surface area contributed by atoms with Crippen LogP contribution in [0.5, 0.6) is 0 Å². The lowest BCUT2D eigenvalue weighted by atomic mass is 9.94. The maximum absolute atomic E-state index is 11.3. The largest absolute Gasteiger partial charge is 0.550 e. The number of unbranched alkanes of at least 4 members (excludes halogenated alkanes) is 9. The van der Waals surface area contributed by atoms with Gasteiger partial charge in [-0.25, -0.2) is 0 Å². The number of aliphatic hydroxyl groups is 1. The van der Waals surface area contributed by atoms with Gasteiger partial charge in [0.2, 0.25) is 0 Å². The van der Waals surface area contributed by atoms with E-state index in [1.165, 1.54) is 44.9 Å². The summed E-state index contributed by atoms with van der Waals surface area (Å²) in [4.78, 5) is 11.3. The van der Waals surface area contributed by atoms with Gasteiger partial charge in [0.15, 0.2) is 0 Å². The quantitative estimate of drug-likeness (QED) is 0.192. The van der Waals surface area contributed by atoms with Crippen LogP contribution in [0.4, 0.5) is 0 Å². The van der Waals surface area contributed by atoms with Crippen molar-refractivity contribution in [2.75, 3.05) is 27.7 Å². The predicted molar refractivity (Wildman–Crippen MR) is 121 cm³/mol. The van der Waals surface area contributed by atoms with Crippen LogP contribution in [0.15, 0.2) is 24.3 Å². The number of aliphatic carboxylic acids is 1. The van der Waals surface area contributed by atoms with Crippen LogP contribution in [-0.2, 0) is 4.79 Å². The number of rotatable bonds is 19. The number of carboxylic acid groups (broad SMARTS) is 1. The van der Waals surface area contributed by atoms with E-state index in [4.69, 9.17) is 0 Å². The summed E-state index contributed by atoms with van der Waals surface area (Å²) in [5.74, 6) is -1.87. The Hall–Kier alpha value is -1.13. The van der Waals surface area contributed by atoms with Crippen LogP contribution in [0, 0.1) is 5.92 Å². The van der Waals surface area contributed by atoms with Crippen LogP contribution in [0.3, 0.4) is 0 Å². The number of likely N-dealkylation sites (N-methyl/N-ethyl adjacent to an activating group) is 1. The molecule has 170 valence electrons. The second-order valence-corrected chi connectivity index (χ2v) is 9.34. The van der Waals surface area contributed by atoms with Crippen molar-refractivity contribution in [3.8, 4) is 0 Å². The third kappa shape index (κ3) is 18.6. The van der Waals surface area contributed by atoms with Crippen LogP contribution in [0.25, 0.3) is 0 Å². The molecule has 0 saturated heterocycles. The minimum atomic E-state index is -1.12. The van der Waals surface area contributed by atoms with Gasteiger partial charge in [-0.3, -0.25) is 0 Å². The Morgan fingerprint density at radius 1 is 0.862 bits per heavy atom. The Kier molecular flexibility index (Phi) is 17.0. The van der Waals surface area contributed by atoms with E-state index < -0.39 is 18.0 Å². The zero-order chi connectivity index (χ0) is 22.0. The molecule has 4 nitrogen and oxygen atoms in total. The Bertz CT molecular complexity index is 451. The van der Waals surface area contributed by atoms with Crippen molar-refractivity contribution < 1.29 is 19.5 Å². The molecule has 0 aliphatic rings. The van der Waals surface area contributed by atoms with Crippen LogP contribution in [0.2, 0.25) is 0 Å². The molecule has 0 aromatic heterocycles. The molecule has 2 unspecified atom stereocenters. The molecule has 0 fully saturated rings. The molecule has 0 bridgehead atoms. The SMILES string of the molecule is CCCCC/C=C\C/C=C\CCCCCCCCC(C(=O)[O-])C(O)C[N+](C)(C)C. The first kappa shape index (κ1) is 27.9. The van der Waals surface area contributed by atoms with Gasteiger partial charge in [0.05, 0.1) is 21.1 Å². The van der Waals surface area contributed by atoms with Crippen LogP contribution in [0.1, 0.15) is 90.4 Å². The minimum absolute atomic E-state index is 0.431. The minimum Gasteiger partial charge on any atom is -0.550 e. The van der Waals surface area contributed by atoms with Crippen LogP contribution >= 0.6 is 0 Å². The van der Waals surface area contributed by atoms with Crippen molar-refractivity contribution in [3.05, 3.63) is 24.3 Å². The molecule has 0 aliphatic carbocycles. The summed E-state index contributed by atoms with van der Waals surface area (Å²) in [5.41, 5.74) is 0. The lowest BCUT2D eigenvalue weighted by Gasteiger charge is -2.31. The van der Waals surface area contributed by atoms with Gasteiger partial charge in [-0.15, -0.1) is 0 Å². The van der Waals surface area contributed by atoms with E-state index in [1.807, 2.05) is 21.1 Å². The molecule has 0 rings (SSSR count). The number of quaternary nitrogens is 1. The zero-order valence-electron chi connectivity index (χ0n) is 19.6. The number of hydrogen-bond donors (Lipinski definition) is 1. The average molecular weight is 410 g/mol. The van der Waals surface area contributed by atoms with Gasteiger partial charge in [0.25, 0.3) is 0 Å². The molecule has 29 heavy (non-hydrogen) atoms. The summed E-state index contributed by atoms with van der Waals surface area (Å²) < 4.78 is 0.550. The van der Waals surface area contributed by atoms with E-state index >= 15 is 0 Å². The Morgan fingerprint density at radius 2 is 1.38 bits per heavy atom. The van der Waals surface area contributed by atoms with Gasteiger partial charge in [0.1, 0.15) is 12.6 Å². The standard InChI is InChI=1S/C25H47NO3/c1-5-6-7-8-9-10-11-12-13-14-15-16-17-18-19-20-21-23(25(28)29)24(27)22-26(2,3)4/h9-10,12-13,23-24,27H,5-8,11,14-22H2,1-4H3/b10-9-,13-12-. The summed E-state index contributed by atoms with van der Waals surface area (Å²) >= 11 is 0. The summed E-state index contributed by atoms with van der Waals surface area (Å²) in [7, 11) is 5.86. The fraction of sp³-hybridized carbons (Fsp3) is 0.800. The molecule has 0 aliphatic heterocycles. The molecule has 0 spiro atoms. The molecule has 0 aromatic rings. The van der Waals surface area contributed by atoms with Crippen molar-refractivity contribution in [1.82, 2.24) is 0 Å². The van der Waals surface area contributed by atoms with Gasteiger partial charge >= 0.3 is 0 Å². The van der Waals surface area contributed by atoms with E-state index in [9.17, 15) is 15.0 Å². The first-order valence-corrected chi connectivity index (χ1v) is 11.8. The maximum atomic E-state index is 11.3. The van der Waals surface area contributed by atoms with E-state index in [1.54, 1.807) is 0 Å². The van der Waals surface area contributed by atoms with E-state index in [0.717, 1.165) is 32.1 Å². The third-order valence-corrected chi connectivity index (χ3v) is 5.22. The Morgan fingerprint density at radius 3 is 1.90 bits per heavy atom. The van der Waals surface area contributed by atoms with E-state index in [0.29, 0.717) is 17.4 Å². The van der Waals surface area contributed by atoms with Crippen molar-refractivity contribution >= 4 is 5.97 Å². The van der Waals surface area contributed by atoms with Crippen molar-refractivity contribution in [1.29, 1.82) is 0 Å². The number of carbonyl (C=O) groups is 1. The maximum Gasteiger partial charge on any atom is 0.111 e. The lowest BCUT2D eigenvalue weighted by Crippen LogP contribution is -2.48. The second kappa shape index (κ2) is 17.7. The summed E-state index contributed by atoms with van der Waals surface area (Å²) in [5, 5.41) is 21.5. The van der Waals surface area contributed by atoms with Gasteiger partial charge in [-0.1, -0.05) is 76.2 Å². The van der Waals surface area contributed by atoms with Crippen LogP contribution in [-0.4, -0.2) is 49.4 Å². The number of nitrogens with zero attached hydrogens (tertiary/aromatic N) is 1. The first-order valence-electron chi connectivity index (χ1n) is 11.8. The smallest absolute Gasteiger partial charge is 0.111 e. The van der Waals surface area contributed by atoms with Gasteiger partial charge in [-0.05, 0) is 38.5 Å². The normalized spacial score (nSPS) is 14.7. The summed E-state index contributed by atoms with van der Waals surface area (Å²) in [6, 6.07) is 0. The molecule has 0 radical (unpaired) electrons. The van der Waals surface area contributed by atoms with E-state index in [2.05, 4.69) is 31.2 Å². The highest BCUT2D eigenvalue weighted by atomic mass is 16.4. The monoisotopic (exact) mass is 409 g/mol. The zero-order valence-corrected chi connectivity index (χ0v) is 19.6. The molecule has 4 heteroatoms. The number of carboxylic acids is 1. The van der Waals surface area contributed by atoms with Gasteiger partial charge < -0.3 is 19.5 Å². The van der Waals surface area contributed by atoms with Gasteiger partial charge in [-0.2, -0.15) is 0 Å². The average Bonchev–Trinajstić information content (AvgIpc) is 2.62. The fourth-order valence-electron chi connectivity index (χ4n) is 3.51. The molecule has 0 heterocycles. The summed E-state index contributed by atoms with van der Waals surface area (Å²) in [6.45, 7) is 2.67. The van der Waals surface area contributed by atoms with Crippen molar-refractivity contribution in [3.63, 3.8) is 0 Å². The molecule has 0 amide bonds. The van der Waals surface area contributed by atoms with E-state index in [-0.39, 0.29) is 0 Å². The molecular formula is C25H47NO3. The number of hydrogen-bond acceptors (Lipinski definition) is 3. The Balaban J connectivity index is 3.66. The first-order chi connectivity index (χ1) is 13.8. The third-order valence-electron chi connectivity index (χ3n) is 5.22. The van der Waals surface area contributed by atoms with Gasteiger partial charge in [0, 0.05) is 11.9 Å². The highest BCUT2D eigenvalue weighted by molar-refractivity contribution is 5.68. The Labute approximate surface area is 180 Å². The van der Waals surface area contributed by atoms with Crippen molar-refractivity contribution in [2.45, 2.75) is 96.5 Å². The van der Waals surface area contributed by atoms with Crippen LogP contribution < -0.4 is 5.11 Å². The van der Waals surface area contributed by atoms with Crippen molar-refractivity contribution in [2.24, 2.45) is 5.92 Å². The molecule has 0 aromatic carbocycles. The fourth-order valence-corrected chi connectivity index (χ4v) is 3.51. The lowest BCUT2D eigenvalue weighted by molar-refractivity contribution is -0.874. The molecule has 2 atom stereocenters. The molecule has 1 N–H and O–H groups in total. The highest BCUT2D eigenvalue weighted by Crippen LogP contribution is 2.17. The molecule has 0 saturated carbocycles. The summed E-state index contributed by atoms with van der Waals surface area (Å²) in [6.07, 6.45) is 22.8. The second-order valence-electron chi connectivity index (χ2n) is 9.34. The predicted octanol–water partition coefficient (Wildman–Crippen LogP) is 4.62. The topological polar surface area (TPSA) is 60.4 Å². The number of carbonyl (C=O) groups excluding carboxylic acids is 1. The molecular weight excluding hydrogens is 362 g/mol.